The van der Waals surface area contributed by atoms with Gasteiger partial charge in [0.05, 0.1) is 6.54 Å². The highest BCUT2D eigenvalue weighted by Crippen LogP contribution is 2.29. The molecule has 0 atom stereocenters. The Bertz CT molecular complexity index is 463. The average molecular weight is 264 g/mol. The van der Waals surface area contributed by atoms with Crippen molar-refractivity contribution >= 4 is 6.09 Å². The van der Waals surface area contributed by atoms with Crippen molar-refractivity contribution in [1.82, 2.24) is 19.8 Å². The molecule has 0 bridgehead atoms. The Morgan fingerprint density at radius 3 is 2.84 bits per heavy atom. The summed E-state index contributed by atoms with van der Waals surface area (Å²) in [5, 5.41) is 2.76. The highest BCUT2D eigenvalue weighted by atomic mass is 16.6. The summed E-state index contributed by atoms with van der Waals surface area (Å²) in [6.45, 7) is 3.65. The zero-order valence-electron chi connectivity index (χ0n) is 11.3. The van der Waals surface area contributed by atoms with Gasteiger partial charge in [-0.25, -0.2) is 9.78 Å². The van der Waals surface area contributed by atoms with E-state index in [0.717, 1.165) is 44.7 Å². The van der Waals surface area contributed by atoms with Crippen molar-refractivity contribution in [3.05, 3.63) is 18.2 Å². The number of rotatable bonds is 3. The molecule has 0 unspecified atom stereocenters. The minimum absolute atomic E-state index is 0.239. The van der Waals surface area contributed by atoms with Gasteiger partial charge in [0.15, 0.2) is 0 Å². The number of ether oxygens (including phenoxy) is 1. The standard InChI is InChI=1S/C13H20N4O2/c1-16-9-5-14-11(16)2-6-17-7-3-13(4-8-17)10-15-12(18)19-13/h5,9H,2-4,6-8,10H2,1H3,(H,15,18). The van der Waals surface area contributed by atoms with Gasteiger partial charge < -0.3 is 19.5 Å². The van der Waals surface area contributed by atoms with Gasteiger partial charge in [-0.1, -0.05) is 0 Å². The maximum absolute atomic E-state index is 11.2. The number of aryl methyl sites for hydroxylation is 1. The van der Waals surface area contributed by atoms with Crippen LogP contribution in [0.5, 0.6) is 0 Å². The molecule has 2 aliphatic rings. The third-order valence-electron chi connectivity index (χ3n) is 4.20. The van der Waals surface area contributed by atoms with Gasteiger partial charge >= 0.3 is 6.09 Å². The minimum atomic E-state index is -0.263. The number of piperidine rings is 1. The Morgan fingerprint density at radius 2 is 2.26 bits per heavy atom. The van der Waals surface area contributed by atoms with E-state index in [9.17, 15) is 4.79 Å². The predicted molar refractivity (Wildman–Crippen MR) is 69.8 cm³/mol. The number of aromatic nitrogens is 2. The van der Waals surface area contributed by atoms with Crippen molar-refractivity contribution in [3.8, 4) is 0 Å². The van der Waals surface area contributed by atoms with Crippen molar-refractivity contribution in [2.24, 2.45) is 7.05 Å². The Kier molecular flexibility index (Phi) is 3.18. The van der Waals surface area contributed by atoms with Gasteiger partial charge in [-0.3, -0.25) is 0 Å². The molecule has 0 saturated carbocycles. The lowest BCUT2D eigenvalue weighted by Crippen LogP contribution is -2.47. The number of carbonyl (C=O) groups is 1. The summed E-state index contributed by atoms with van der Waals surface area (Å²) in [7, 11) is 2.02. The Hall–Kier alpha value is -1.56. The normalized spacial score (nSPS) is 22.5. The summed E-state index contributed by atoms with van der Waals surface area (Å²) in [6, 6.07) is 0. The first-order valence-corrected chi connectivity index (χ1v) is 6.82. The number of nitrogens with one attached hydrogen (secondary N) is 1. The summed E-state index contributed by atoms with van der Waals surface area (Å²) in [5.74, 6) is 1.12. The maximum atomic E-state index is 11.2. The molecule has 1 spiro atoms. The van der Waals surface area contributed by atoms with Gasteiger partial charge in [0.1, 0.15) is 11.4 Å². The number of amides is 1. The molecule has 1 N–H and O–H groups in total. The van der Waals surface area contributed by atoms with Crippen molar-refractivity contribution < 1.29 is 9.53 Å². The third kappa shape index (κ3) is 2.58. The van der Waals surface area contributed by atoms with Crippen LogP contribution in [0.2, 0.25) is 0 Å². The quantitative estimate of drug-likeness (QED) is 0.865. The summed E-state index contributed by atoms with van der Waals surface area (Å²) in [4.78, 5) is 17.9. The van der Waals surface area contributed by atoms with Crippen molar-refractivity contribution in [1.29, 1.82) is 0 Å². The SMILES string of the molecule is Cn1ccnc1CCN1CCC2(CC1)CNC(=O)O2. The molecule has 1 amide bonds. The van der Waals surface area contributed by atoms with Crippen LogP contribution in [0.3, 0.4) is 0 Å². The lowest BCUT2D eigenvalue weighted by atomic mass is 9.91. The second-order valence-corrected chi connectivity index (χ2v) is 5.47. The van der Waals surface area contributed by atoms with Gasteiger partial charge in [0.25, 0.3) is 0 Å². The predicted octanol–water partition coefficient (Wildman–Crippen LogP) is 0.537. The molecule has 0 aliphatic carbocycles. The van der Waals surface area contributed by atoms with Gasteiger partial charge in [-0.15, -0.1) is 0 Å². The number of imidazole rings is 1. The molecule has 3 heterocycles. The van der Waals surface area contributed by atoms with Crippen LogP contribution in [0.1, 0.15) is 18.7 Å². The van der Waals surface area contributed by atoms with Crippen molar-refractivity contribution in [2.45, 2.75) is 24.9 Å². The Labute approximate surface area is 112 Å². The number of hydrogen-bond donors (Lipinski definition) is 1. The lowest BCUT2D eigenvalue weighted by molar-refractivity contribution is 0.00111. The second-order valence-electron chi connectivity index (χ2n) is 5.47. The van der Waals surface area contributed by atoms with Crippen LogP contribution in [0, 0.1) is 0 Å². The highest BCUT2D eigenvalue weighted by molar-refractivity contribution is 5.70. The van der Waals surface area contributed by atoms with Crippen molar-refractivity contribution in [2.75, 3.05) is 26.2 Å². The van der Waals surface area contributed by atoms with Gasteiger partial charge in [0, 0.05) is 58.3 Å². The first kappa shape index (κ1) is 12.5. The zero-order valence-corrected chi connectivity index (χ0v) is 11.3. The van der Waals surface area contributed by atoms with E-state index in [4.69, 9.17) is 4.74 Å². The summed E-state index contributed by atoms with van der Waals surface area (Å²) in [6.07, 6.45) is 6.36. The van der Waals surface area contributed by atoms with Crippen molar-refractivity contribution in [3.63, 3.8) is 0 Å². The molecule has 6 nitrogen and oxygen atoms in total. The fourth-order valence-electron chi connectivity index (χ4n) is 2.86. The van der Waals surface area contributed by atoms with Crippen LogP contribution in [-0.2, 0) is 18.2 Å². The number of nitrogens with zero attached hydrogens (tertiary/aromatic N) is 3. The monoisotopic (exact) mass is 264 g/mol. The molecule has 2 aliphatic heterocycles. The van der Waals surface area contributed by atoms with Crippen LogP contribution < -0.4 is 5.32 Å². The van der Waals surface area contributed by atoms with Crippen LogP contribution in [0.15, 0.2) is 12.4 Å². The Balaban J connectivity index is 1.48. The fourth-order valence-corrected chi connectivity index (χ4v) is 2.86. The van der Waals surface area contributed by atoms with E-state index in [1.807, 2.05) is 19.4 Å². The molecule has 1 aromatic rings. The molecule has 6 heteroatoms. The van der Waals surface area contributed by atoms with E-state index in [2.05, 4.69) is 19.8 Å². The molecular formula is C13H20N4O2. The minimum Gasteiger partial charge on any atom is -0.441 e. The molecular weight excluding hydrogens is 244 g/mol. The largest absolute Gasteiger partial charge is 0.441 e. The summed E-state index contributed by atoms with van der Waals surface area (Å²) >= 11 is 0. The van der Waals surface area contributed by atoms with Crippen LogP contribution in [0.25, 0.3) is 0 Å². The topological polar surface area (TPSA) is 59.4 Å². The summed E-state index contributed by atoms with van der Waals surface area (Å²) < 4.78 is 7.48. The first-order valence-electron chi connectivity index (χ1n) is 6.82. The van der Waals surface area contributed by atoms with E-state index in [1.54, 1.807) is 0 Å². The van der Waals surface area contributed by atoms with Gasteiger partial charge in [-0.05, 0) is 0 Å². The van der Waals surface area contributed by atoms with E-state index < -0.39 is 0 Å². The van der Waals surface area contributed by atoms with E-state index in [-0.39, 0.29) is 11.7 Å². The highest BCUT2D eigenvalue weighted by Gasteiger charge is 2.42. The number of carbonyl (C=O) groups excluding carboxylic acids is 1. The molecule has 3 rings (SSSR count). The van der Waals surface area contributed by atoms with E-state index in [1.165, 1.54) is 0 Å². The van der Waals surface area contributed by atoms with Crippen LogP contribution in [0.4, 0.5) is 4.79 Å². The van der Waals surface area contributed by atoms with Crippen LogP contribution >= 0.6 is 0 Å². The smallest absolute Gasteiger partial charge is 0.407 e. The fraction of sp³-hybridized carbons (Fsp3) is 0.692. The first-order chi connectivity index (χ1) is 9.17. The zero-order chi connectivity index (χ0) is 13.3. The number of alkyl carbamates (subject to hydrolysis) is 1. The second kappa shape index (κ2) is 4.85. The molecule has 104 valence electrons. The number of hydrogen-bond acceptors (Lipinski definition) is 4. The third-order valence-corrected chi connectivity index (χ3v) is 4.20. The van der Waals surface area contributed by atoms with Gasteiger partial charge in [-0.2, -0.15) is 0 Å². The molecule has 0 radical (unpaired) electrons. The lowest BCUT2D eigenvalue weighted by Gasteiger charge is -2.37. The average Bonchev–Trinajstić information content (AvgIpc) is 2.97. The van der Waals surface area contributed by atoms with E-state index >= 15 is 0 Å². The molecule has 2 fully saturated rings. The molecule has 19 heavy (non-hydrogen) atoms. The van der Waals surface area contributed by atoms with E-state index in [0.29, 0.717) is 6.54 Å². The molecule has 2 saturated heterocycles. The number of likely N-dealkylation sites (tertiary alicyclic amines) is 1. The molecule has 1 aromatic heterocycles. The maximum Gasteiger partial charge on any atom is 0.407 e. The summed E-state index contributed by atoms with van der Waals surface area (Å²) in [5.41, 5.74) is -0.239. The van der Waals surface area contributed by atoms with Gasteiger partial charge in [0.2, 0.25) is 0 Å². The Morgan fingerprint density at radius 1 is 1.47 bits per heavy atom. The molecule has 0 aromatic carbocycles. The van der Waals surface area contributed by atoms with Crippen LogP contribution in [-0.4, -0.2) is 52.3 Å².